The summed E-state index contributed by atoms with van der Waals surface area (Å²) in [7, 11) is 0. The van der Waals surface area contributed by atoms with Crippen LogP contribution in [0.4, 0.5) is 26.3 Å². The van der Waals surface area contributed by atoms with E-state index in [0.717, 1.165) is 6.20 Å². The molecule has 1 aliphatic heterocycles. The minimum absolute atomic E-state index is 0.0237. The fourth-order valence-corrected chi connectivity index (χ4v) is 4.68. The molecule has 1 fully saturated rings. The Morgan fingerprint density at radius 1 is 1.12 bits per heavy atom. The van der Waals surface area contributed by atoms with Crippen LogP contribution >= 0.6 is 0 Å². The van der Waals surface area contributed by atoms with E-state index in [4.69, 9.17) is 5.73 Å². The number of hydrazine groups is 1. The lowest BCUT2D eigenvalue weighted by Crippen LogP contribution is -2.60. The average Bonchev–Trinajstić information content (AvgIpc) is 3.12. The van der Waals surface area contributed by atoms with Crippen molar-refractivity contribution in [1.29, 1.82) is 0 Å². The molecule has 1 aliphatic carbocycles. The molecular weight excluding hydrogens is 452 g/mol. The zero-order valence-electron chi connectivity index (χ0n) is 17.0. The molecule has 0 bridgehead atoms. The van der Waals surface area contributed by atoms with Crippen LogP contribution in [0, 0.1) is 5.92 Å². The Bertz CT molecular complexity index is 1100. The number of nitrogens with two attached hydrogens (primary N) is 1. The van der Waals surface area contributed by atoms with Crippen molar-refractivity contribution in [3.05, 3.63) is 59.6 Å². The fourth-order valence-electron chi connectivity index (χ4n) is 4.68. The topological polar surface area (TPSA) is 92.9 Å². The first-order valence-corrected chi connectivity index (χ1v) is 9.98. The number of hydrogen-bond donors (Lipinski definition) is 3. The highest BCUT2D eigenvalue weighted by atomic mass is 19.4. The lowest BCUT2D eigenvalue weighted by molar-refractivity contribution is -0.187. The number of amides is 1. The summed E-state index contributed by atoms with van der Waals surface area (Å²) in [6, 6.07) is 7.56. The summed E-state index contributed by atoms with van der Waals surface area (Å²) >= 11 is 0. The van der Waals surface area contributed by atoms with Gasteiger partial charge in [-0.25, -0.2) is 15.4 Å². The molecule has 1 aromatic heterocycles. The maximum Gasteiger partial charge on any atom is 0.451 e. The van der Waals surface area contributed by atoms with Crippen LogP contribution in [0.15, 0.2) is 48.2 Å². The number of halogens is 6. The van der Waals surface area contributed by atoms with Gasteiger partial charge in [0.05, 0.1) is 17.2 Å². The monoisotopic (exact) mass is 471 g/mol. The fraction of sp³-hybridized carbons (Fsp3) is 0.381. The summed E-state index contributed by atoms with van der Waals surface area (Å²) in [6.45, 7) is -0.0237. The van der Waals surface area contributed by atoms with Crippen LogP contribution in [-0.2, 0) is 11.0 Å². The molecule has 12 heteroatoms. The molecule has 2 aromatic rings. The summed E-state index contributed by atoms with van der Waals surface area (Å²) in [6.07, 6.45) is -7.57. The van der Waals surface area contributed by atoms with E-state index in [1.807, 2.05) is 0 Å². The predicted molar refractivity (Wildman–Crippen MR) is 105 cm³/mol. The number of nitrogens with one attached hydrogen (secondary N) is 2. The Hall–Kier alpha value is -2.99. The molecule has 1 amide bonds. The molecule has 6 nitrogen and oxygen atoms in total. The number of alkyl halides is 6. The van der Waals surface area contributed by atoms with Crippen molar-refractivity contribution in [2.24, 2.45) is 11.7 Å². The quantitative estimate of drug-likeness (QED) is 0.597. The van der Waals surface area contributed by atoms with Crippen molar-refractivity contribution >= 4 is 5.91 Å². The minimum atomic E-state index is -4.77. The van der Waals surface area contributed by atoms with Crippen molar-refractivity contribution in [3.63, 3.8) is 0 Å². The van der Waals surface area contributed by atoms with Crippen molar-refractivity contribution in [1.82, 2.24) is 20.8 Å². The van der Waals surface area contributed by atoms with E-state index >= 15 is 0 Å². The number of rotatable bonds is 3. The zero-order valence-corrected chi connectivity index (χ0v) is 17.0. The smallest absolute Gasteiger partial charge is 0.366 e. The molecule has 2 heterocycles. The van der Waals surface area contributed by atoms with E-state index < -0.39 is 41.5 Å². The Balaban J connectivity index is 1.78. The van der Waals surface area contributed by atoms with Gasteiger partial charge in [-0.05, 0) is 30.4 Å². The van der Waals surface area contributed by atoms with Crippen molar-refractivity contribution < 1.29 is 31.1 Å². The molecule has 3 atom stereocenters. The molecule has 4 N–H and O–H groups in total. The first kappa shape index (κ1) is 23.2. The van der Waals surface area contributed by atoms with E-state index in [-0.39, 0.29) is 36.2 Å². The van der Waals surface area contributed by atoms with Crippen LogP contribution in [0.5, 0.6) is 0 Å². The number of aromatic nitrogens is 2. The summed E-state index contributed by atoms with van der Waals surface area (Å²) in [5.74, 6) is -4.71. The van der Waals surface area contributed by atoms with Crippen molar-refractivity contribution in [2.75, 3.05) is 6.54 Å². The zero-order chi connectivity index (χ0) is 24.0. The summed E-state index contributed by atoms with van der Waals surface area (Å²) < 4.78 is 81.5. The maximum atomic E-state index is 14.1. The van der Waals surface area contributed by atoms with Crippen LogP contribution < -0.4 is 16.6 Å². The highest BCUT2D eigenvalue weighted by molar-refractivity contribution is 5.92. The minimum Gasteiger partial charge on any atom is -0.366 e. The van der Waals surface area contributed by atoms with E-state index in [9.17, 15) is 31.1 Å². The van der Waals surface area contributed by atoms with Crippen molar-refractivity contribution in [2.45, 2.75) is 36.7 Å². The molecule has 33 heavy (non-hydrogen) atoms. The molecule has 2 aliphatic rings. The second kappa shape index (κ2) is 8.10. The third-order valence-corrected chi connectivity index (χ3v) is 6.06. The van der Waals surface area contributed by atoms with Gasteiger partial charge in [-0.1, -0.05) is 30.3 Å². The van der Waals surface area contributed by atoms with E-state index in [1.165, 1.54) is 18.2 Å². The number of carbonyl (C=O) groups is 1. The summed E-state index contributed by atoms with van der Waals surface area (Å²) in [5, 5.41) is 0. The molecule has 1 saturated carbocycles. The number of nitrogens with zero attached hydrogens (tertiary/aromatic N) is 2. The van der Waals surface area contributed by atoms with Crippen LogP contribution in [-0.4, -0.2) is 34.1 Å². The SMILES string of the molecule is NC(=O)C1=CC2(CC(c3ccccc3-c3ccnc(C(F)(F)F)n3)CC2C(F)(F)F)NNC1. The van der Waals surface area contributed by atoms with Gasteiger partial charge in [0.1, 0.15) is 0 Å². The lowest BCUT2D eigenvalue weighted by Gasteiger charge is -2.38. The largest absolute Gasteiger partial charge is 0.451 e. The normalized spacial score (nSPS) is 25.8. The van der Waals surface area contributed by atoms with Gasteiger partial charge in [-0.15, -0.1) is 0 Å². The van der Waals surface area contributed by atoms with Crippen LogP contribution in [0.1, 0.15) is 30.1 Å². The van der Waals surface area contributed by atoms with Gasteiger partial charge < -0.3 is 5.73 Å². The van der Waals surface area contributed by atoms with Gasteiger partial charge in [-0.2, -0.15) is 26.3 Å². The van der Waals surface area contributed by atoms with Crippen LogP contribution in [0.3, 0.4) is 0 Å². The molecule has 0 radical (unpaired) electrons. The van der Waals surface area contributed by atoms with Crippen LogP contribution in [0.25, 0.3) is 11.3 Å². The molecule has 3 unspecified atom stereocenters. The third kappa shape index (κ3) is 4.44. The maximum absolute atomic E-state index is 14.1. The number of hydrogen-bond acceptors (Lipinski definition) is 5. The summed E-state index contributed by atoms with van der Waals surface area (Å²) in [5.41, 5.74) is 9.70. The Labute approximate surface area is 184 Å². The molecule has 0 saturated heterocycles. The van der Waals surface area contributed by atoms with Gasteiger partial charge in [0.15, 0.2) is 0 Å². The first-order valence-electron chi connectivity index (χ1n) is 9.98. The van der Waals surface area contributed by atoms with Crippen LogP contribution in [0.2, 0.25) is 0 Å². The van der Waals surface area contributed by atoms with Gasteiger partial charge in [-0.3, -0.25) is 10.2 Å². The molecule has 1 spiro atoms. The highest BCUT2D eigenvalue weighted by Crippen LogP contribution is 2.54. The molecular formula is C21H19F6N5O. The lowest BCUT2D eigenvalue weighted by atomic mass is 9.83. The number of benzene rings is 1. The van der Waals surface area contributed by atoms with E-state index in [2.05, 4.69) is 20.8 Å². The van der Waals surface area contributed by atoms with Gasteiger partial charge >= 0.3 is 12.4 Å². The van der Waals surface area contributed by atoms with Gasteiger partial charge in [0.2, 0.25) is 11.7 Å². The van der Waals surface area contributed by atoms with Gasteiger partial charge in [0, 0.05) is 23.9 Å². The Morgan fingerprint density at radius 2 is 1.85 bits per heavy atom. The van der Waals surface area contributed by atoms with Gasteiger partial charge in [0.25, 0.3) is 0 Å². The Morgan fingerprint density at radius 3 is 2.52 bits per heavy atom. The number of carbonyl (C=O) groups excluding carboxylic acids is 1. The van der Waals surface area contributed by atoms with E-state index in [1.54, 1.807) is 18.2 Å². The van der Waals surface area contributed by atoms with E-state index in [0.29, 0.717) is 5.56 Å². The Kier molecular flexibility index (Phi) is 5.69. The third-order valence-electron chi connectivity index (χ3n) is 6.06. The molecule has 176 valence electrons. The second-order valence-electron chi connectivity index (χ2n) is 8.13. The molecule has 1 aromatic carbocycles. The highest BCUT2D eigenvalue weighted by Gasteiger charge is 2.59. The second-order valence-corrected chi connectivity index (χ2v) is 8.13. The standard InChI is InChI=1S/C21H19F6N5O/c22-20(23,24)16-7-11(8-19(16)9-12(17(28)33)10-30-32-19)13-3-1-2-4-14(13)15-5-6-29-18(31-15)21(25,26)27/h1-6,9,11,16,30,32H,7-8,10H2,(H2,28,33). The average molecular weight is 471 g/mol. The molecule has 4 rings (SSSR count). The predicted octanol–water partition coefficient (Wildman–Crippen LogP) is 3.48. The summed E-state index contributed by atoms with van der Waals surface area (Å²) in [4.78, 5) is 18.5. The van der Waals surface area contributed by atoms with Crippen molar-refractivity contribution in [3.8, 4) is 11.3 Å². The number of primary amides is 1. The first-order chi connectivity index (χ1) is 15.4.